The van der Waals surface area contributed by atoms with Crippen LogP contribution in [-0.2, 0) is 20.7 Å². The lowest BCUT2D eigenvalue weighted by Gasteiger charge is -2.32. The second-order valence-corrected chi connectivity index (χ2v) is 8.92. The first-order valence-electron chi connectivity index (χ1n) is 12.4. The number of methoxy groups -OCH3 is 1. The first kappa shape index (κ1) is 25.5. The zero-order chi connectivity index (χ0) is 25.3. The molecule has 4 rings (SSSR count). The van der Waals surface area contributed by atoms with Gasteiger partial charge < -0.3 is 19.7 Å². The number of fused-ring (bicyclic) bond motifs is 1. The van der Waals surface area contributed by atoms with E-state index in [0.29, 0.717) is 12.5 Å². The van der Waals surface area contributed by atoms with Crippen LogP contribution in [0.3, 0.4) is 0 Å². The van der Waals surface area contributed by atoms with Gasteiger partial charge in [0.25, 0.3) is 0 Å². The molecule has 0 saturated carbocycles. The molecule has 1 saturated heterocycles. The first-order chi connectivity index (χ1) is 17.6. The third-order valence-electron chi connectivity index (χ3n) is 6.53. The van der Waals surface area contributed by atoms with Gasteiger partial charge in [-0.2, -0.15) is 0 Å². The van der Waals surface area contributed by atoms with Crippen LogP contribution in [0.15, 0.2) is 48.8 Å². The van der Waals surface area contributed by atoms with Gasteiger partial charge >= 0.3 is 5.97 Å². The predicted molar refractivity (Wildman–Crippen MR) is 135 cm³/mol. The Kier molecular flexibility index (Phi) is 8.78. The van der Waals surface area contributed by atoms with Crippen molar-refractivity contribution in [2.45, 2.75) is 38.6 Å². The fraction of sp³-hybridized carbons (Fsp3) is 0.444. The maximum Gasteiger partial charge on any atom is 0.308 e. The second kappa shape index (κ2) is 12.4. The molecule has 0 spiro atoms. The lowest BCUT2D eigenvalue weighted by atomic mass is 9.94. The minimum absolute atomic E-state index is 0.0398. The summed E-state index contributed by atoms with van der Waals surface area (Å²) in [4.78, 5) is 40.9. The molecule has 9 heteroatoms. The molecule has 36 heavy (non-hydrogen) atoms. The number of esters is 1. The fourth-order valence-corrected chi connectivity index (χ4v) is 4.47. The van der Waals surface area contributed by atoms with Crippen LogP contribution in [0.5, 0.6) is 5.88 Å². The molecule has 4 heterocycles. The van der Waals surface area contributed by atoms with Gasteiger partial charge in [0.05, 0.1) is 26.2 Å². The highest BCUT2D eigenvalue weighted by molar-refractivity contribution is 5.80. The molecule has 0 radical (unpaired) electrons. The number of aromatic nitrogens is 3. The van der Waals surface area contributed by atoms with Crippen molar-refractivity contribution in [1.82, 2.24) is 25.2 Å². The summed E-state index contributed by atoms with van der Waals surface area (Å²) in [6.45, 7) is 4.64. The maximum atomic E-state index is 13.1. The van der Waals surface area contributed by atoms with Gasteiger partial charge in [0.1, 0.15) is 0 Å². The van der Waals surface area contributed by atoms with Crippen molar-refractivity contribution < 1.29 is 19.1 Å². The van der Waals surface area contributed by atoms with E-state index in [4.69, 9.17) is 9.47 Å². The number of nitrogens with zero attached hydrogens (tertiary/aromatic N) is 4. The Morgan fingerprint density at radius 1 is 1.14 bits per heavy atom. The van der Waals surface area contributed by atoms with Gasteiger partial charge in [-0.15, -0.1) is 0 Å². The topological polar surface area (TPSA) is 107 Å². The summed E-state index contributed by atoms with van der Waals surface area (Å²) < 4.78 is 10.2. The monoisotopic (exact) mass is 491 g/mol. The van der Waals surface area contributed by atoms with E-state index in [9.17, 15) is 9.59 Å². The van der Waals surface area contributed by atoms with Gasteiger partial charge in [0.15, 0.2) is 5.65 Å². The van der Waals surface area contributed by atoms with Gasteiger partial charge in [0.2, 0.25) is 11.8 Å². The Morgan fingerprint density at radius 3 is 2.69 bits per heavy atom. The third-order valence-corrected chi connectivity index (χ3v) is 6.53. The van der Waals surface area contributed by atoms with E-state index in [2.05, 4.69) is 37.3 Å². The first-order valence-corrected chi connectivity index (χ1v) is 12.4. The molecule has 0 bridgehead atoms. The molecule has 1 atom stereocenters. The number of hydrogen-bond acceptors (Lipinski definition) is 8. The van der Waals surface area contributed by atoms with Crippen molar-refractivity contribution in [2.75, 3.05) is 33.4 Å². The Labute approximate surface area is 211 Å². The van der Waals surface area contributed by atoms with E-state index in [1.165, 1.54) is 0 Å². The normalized spacial score (nSPS) is 15.4. The molecule has 1 aliphatic heterocycles. The molecule has 3 aromatic rings. The Morgan fingerprint density at radius 2 is 1.97 bits per heavy atom. The molecule has 1 N–H and O–H groups in total. The molecule has 1 fully saturated rings. The summed E-state index contributed by atoms with van der Waals surface area (Å²) in [5, 5.41) is 4.10. The lowest BCUT2D eigenvalue weighted by Crippen LogP contribution is -2.42. The maximum absolute atomic E-state index is 13.1. The highest BCUT2D eigenvalue weighted by atomic mass is 16.5. The Bertz CT molecular complexity index is 1160. The number of rotatable bonds is 10. The van der Waals surface area contributed by atoms with Crippen LogP contribution in [0, 0.1) is 5.92 Å². The van der Waals surface area contributed by atoms with Gasteiger partial charge in [-0.05, 0) is 62.7 Å². The number of piperidine rings is 1. The highest BCUT2D eigenvalue weighted by Crippen LogP contribution is 2.23. The van der Waals surface area contributed by atoms with Crippen molar-refractivity contribution in [3.63, 3.8) is 0 Å². The number of nitrogens with one attached hydrogen (secondary N) is 1. The SMILES string of the molecule is CCOC(=O)C[C@H](NC(=O)C1CCN(CCc2ccc3cccnc3n2)CC1)c1ccc(OC)nc1. The van der Waals surface area contributed by atoms with Crippen molar-refractivity contribution in [3.8, 4) is 5.88 Å². The number of ether oxygens (including phenoxy) is 2. The summed E-state index contributed by atoms with van der Waals surface area (Å²) in [5.74, 6) is -0.0180. The quantitative estimate of drug-likeness (QED) is 0.431. The van der Waals surface area contributed by atoms with Gasteiger partial charge in [-0.3, -0.25) is 9.59 Å². The van der Waals surface area contributed by atoms with Crippen LogP contribution in [0.25, 0.3) is 11.0 Å². The summed E-state index contributed by atoms with van der Waals surface area (Å²) in [5.41, 5.74) is 2.54. The van der Waals surface area contributed by atoms with Crippen molar-refractivity contribution >= 4 is 22.9 Å². The molecule has 1 amide bonds. The van der Waals surface area contributed by atoms with Crippen LogP contribution in [0.2, 0.25) is 0 Å². The lowest BCUT2D eigenvalue weighted by molar-refractivity contribution is -0.144. The van der Waals surface area contributed by atoms with E-state index >= 15 is 0 Å². The van der Waals surface area contributed by atoms with Gasteiger partial charge in [-0.1, -0.05) is 6.07 Å². The van der Waals surface area contributed by atoms with E-state index in [-0.39, 0.29) is 24.2 Å². The zero-order valence-corrected chi connectivity index (χ0v) is 20.9. The Hall–Kier alpha value is -3.59. The van der Waals surface area contributed by atoms with E-state index in [1.54, 1.807) is 32.5 Å². The highest BCUT2D eigenvalue weighted by Gasteiger charge is 2.28. The average molecular weight is 492 g/mol. The van der Waals surface area contributed by atoms with Crippen LogP contribution in [-0.4, -0.2) is 65.1 Å². The van der Waals surface area contributed by atoms with Crippen molar-refractivity contribution in [3.05, 3.63) is 60.0 Å². The minimum atomic E-state index is -0.499. The summed E-state index contributed by atoms with van der Waals surface area (Å²) in [6.07, 6.45) is 5.83. The minimum Gasteiger partial charge on any atom is -0.481 e. The number of pyridine rings is 3. The standard InChI is InChI=1S/C27H33N5O4/c1-3-36-25(33)17-23(21-7-9-24(35-2)29-18-21)31-27(34)20-10-14-32(15-11-20)16-12-22-8-6-19-5-4-13-28-26(19)30-22/h4-9,13,18,20,23H,3,10-12,14-17H2,1-2H3,(H,31,34)/t23-/m0/s1. The number of carbonyl (C=O) groups is 2. The third kappa shape index (κ3) is 6.75. The number of hydrogen-bond donors (Lipinski definition) is 1. The number of carbonyl (C=O) groups excluding carboxylic acids is 2. The predicted octanol–water partition coefficient (Wildman–Crippen LogP) is 3.10. The molecule has 190 valence electrons. The largest absolute Gasteiger partial charge is 0.481 e. The van der Waals surface area contributed by atoms with Crippen molar-refractivity contribution in [2.24, 2.45) is 5.92 Å². The Balaban J connectivity index is 1.30. The van der Waals surface area contributed by atoms with Gasteiger partial charge in [-0.25, -0.2) is 15.0 Å². The zero-order valence-electron chi connectivity index (χ0n) is 20.9. The number of amides is 1. The van der Waals surface area contributed by atoms with E-state index in [1.807, 2.05) is 18.2 Å². The molecule has 0 aromatic carbocycles. The van der Waals surface area contributed by atoms with Crippen LogP contribution in [0.4, 0.5) is 0 Å². The van der Waals surface area contributed by atoms with E-state index < -0.39 is 6.04 Å². The van der Waals surface area contributed by atoms with Crippen LogP contribution in [0.1, 0.15) is 43.5 Å². The average Bonchev–Trinajstić information content (AvgIpc) is 2.92. The van der Waals surface area contributed by atoms with Crippen molar-refractivity contribution in [1.29, 1.82) is 0 Å². The molecule has 9 nitrogen and oxygen atoms in total. The fourth-order valence-electron chi connectivity index (χ4n) is 4.47. The summed E-state index contributed by atoms with van der Waals surface area (Å²) >= 11 is 0. The number of likely N-dealkylation sites (tertiary alicyclic amines) is 1. The summed E-state index contributed by atoms with van der Waals surface area (Å²) in [7, 11) is 1.54. The molecule has 0 unspecified atom stereocenters. The molecule has 3 aromatic heterocycles. The summed E-state index contributed by atoms with van der Waals surface area (Å²) in [6, 6.07) is 11.1. The van der Waals surface area contributed by atoms with Crippen LogP contribution >= 0.6 is 0 Å². The molecule has 1 aliphatic rings. The van der Waals surface area contributed by atoms with Crippen LogP contribution < -0.4 is 10.1 Å². The smallest absolute Gasteiger partial charge is 0.308 e. The van der Waals surface area contributed by atoms with Gasteiger partial charge in [0, 0.05) is 48.4 Å². The molecular formula is C27H33N5O4. The van der Waals surface area contributed by atoms with E-state index in [0.717, 1.165) is 61.2 Å². The molecule has 0 aliphatic carbocycles. The molecular weight excluding hydrogens is 458 g/mol. The second-order valence-electron chi connectivity index (χ2n) is 8.92.